The van der Waals surface area contributed by atoms with Crippen LogP contribution in [0.25, 0.3) is 0 Å². The molecule has 0 spiro atoms. The molecule has 0 aliphatic heterocycles. The summed E-state index contributed by atoms with van der Waals surface area (Å²) in [5.74, 6) is 0. The Kier molecular flexibility index (Phi) is 3.71. The second-order valence-corrected chi connectivity index (χ2v) is 3.01. The fourth-order valence-electron chi connectivity index (χ4n) is 1.07. The molecule has 86 valence electrons. The first-order valence-corrected chi connectivity index (χ1v) is 4.46. The van der Waals surface area contributed by atoms with Gasteiger partial charge in [0.2, 0.25) is 0 Å². The van der Waals surface area contributed by atoms with Gasteiger partial charge in [0.05, 0.1) is 7.11 Å². The SMILES string of the molecule is COC(=O)Nc1cccc(N(C)C(=O)O)c1. The number of rotatable bonds is 2. The summed E-state index contributed by atoms with van der Waals surface area (Å²) in [7, 11) is 2.67. The number of ether oxygens (including phenoxy) is 1. The molecule has 6 heteroatoms. The van der Waals surface area contributed by atoms with Gasteiger partial charge in [-0.05, 0) is 18.2 Å². The molecule has 6 nitrogen and oxygen atoms in total. The van der Waals surface area contributed by atoms with Crippen molar-refractivity contribution in [1.82, 2.24) is 0 Å². The monoisotopic (exact) mass is 224 g/mol. The molecule has 0 heterocycles. The van der Waals surface area contributed by atoms with Crippen LogP contribution in [-0.2, 0) is 4.74 Å². The zero-order valence-corrected chi connectivity index (χ0v) is 8.93. The van der Waals surface area contributed by atoms with Gasteiger partial charge in [0, 0.05) is 18.4 Å². The minimum absolute atomic E-state index is 0.460. The van der Waals surface area contributed by atoms with Gasteiger partial charge in [-0.3, -0.25) is 10.2 Å². The number of carbonyl (C=O) groups excluding carboxylic acids is 1. The highest BCUT2D eigenvalue weighted by molar-refractivity contribution is 5.89. The fraction of sp³-hybridized carbons (Fsp3) is 0.200. The Hall–Kier alpha value is -2.24. The zero-order chi connectivity index (χ0) is 12.1. The van der Waals surface area contributed by atoms with Crippen molar-refractivity contribution in [2.45, 2.75) is 0 Å². The van der Waals surface area contributed by atoms with E-state index in [4.69, 9.17) is 5.11 Å². The van der Waals surface area contributed by atoms with Gasteiger partial charge in [0.25, 0.3) is 0 Å². The molecular formula is C10H12N2O4. The number of benzene rings is 1. The number of methoxy groups -OCH3 is 1. The first-order chi connectivity index (χ1) is 7.54. The van der Waals surface area contributed by atoms with Crippen LogP contribution in [0.5, 0.6) is 0 Å². The highest BCUT2D eigenvalue weighted by atomic mass is 16.5. The van der Waals surface area contributed by atoms with Gasteiger partial charge in [-0.2, -0.15) is 0 Å². The van der Waals surface area contributed by atoms with E-state index >= 15 is 0 Å². The lowest BCUT2D eigenvalue weighted by Crippen LogP contribution is -2.23. The largest absolute Gasteiger partial charge is 0.465 e. The van der Waals surface area contributed by atoms with E-state index in [1.807, 2.05) is 0 Å². The second-order valence-electron chi connectivity index (χ2n) is 3.01. The highest BCUT2D eigenvalue weighted by Crippen LogP contribution is 2.18. The second kappa shape index (κ2) is 5.01. The normalized spacial score (nSPS) is 9.38. The quantitative estimate of drug-likeness (QED) is 0.805. The van der Waals surface area contributed by atoms with Gasteiger partial charge in [-0.15, -0.1) is 0 Å². The molecule has 1 aromatic carbocycles. The van der Waals surface area contributed by atoms with Crippen LogP contribution in [0, 0.1) is 0 Å². The van der Waals surface area contributed by atoms with Crippen molar-refractivity contribution in [2.24, 2.45) is 0 Å². The topological polar surface area (TPSA) is 78.9 Å². The summed E-state index contributed by atoms with van der Waals surface area (Å²) in [6, 6.07) is 6.43. The molecule has 0 aliphatic rings. The van der Waals surface area contributed by atoms with Gasteiger partial charge in [-0.1, -0.05) is 6.07 Å². The first-order valence-electron chi connectivity index (χ1n) is 4.46. The summed E-state index contributed by atoms with van der Waals surface area (Å²) in [6.07, 6.45) is -1.68. The molecule has 0 bridgehead atoms. The number of hydrogen-bond donors (Lipinski definition) is 2. The van der Waals surface area contributed by atoms with E-state index in [0.29, 0.717) is 11.4 Å². The number of amides is 2. The van der Waals surface area contributed by atoms with Crippen molar-refractivity contribution < 1.29 is 19.4 Å². The molecule has 1 rings (SSSR count). The molecule has 0 radical (unpaired) electrons. The average molecular weight is 224 g/mol. The summed E-state index contributed by atoms with van der Waals surface area (Å²) in [6.45, 7) is 0. The van der Waals surface area contributed by atoms with Crippen molar-refractivity contribution in [3.05, 3.63) is 24.3 Å². The molecular weight excluding hydrogens is 212 g/mol. The summed E-state index contributed by atoms with van der Waals surface area (Å²) in [5.41, 5.74) is 0.929. The van der Waals surface area contributed by atoms with Crippen LogP contribution in [0.4, 0.5) is 21.0 Å². The van der Waals surface area contributed by atoms with E-state index in [1.165, 1.54) is 20.2 Å². The molecule has 1 aromatic rings. The molecule has 16 heavy (non-hydrogen) atoms. The third-order valence-corrected chi connectivity index (χ3v) is 1.95. The Balaban J connectivity index is 2.86. The van der Waals surface area contributed by atoms with Crippen molar-refractivity contribution >= 4 is 23.6 Å². The number of nitrogens with zero attached hydrogens (tertiary/aromatic N) is 1. The maximum atomic E-state index is 10.9. The van der Waals surface area contributed by atoms with E-state index in [0.717, 1.165) is 4.90 Å². The predicted molar refractivity (Wildman–Crippen MR) is 58.9 cm³/mol. The van der Waals surface area contributed by atoms with Crippen LogP contribution in [0.2, 0.25) is 0 Å². The highest BCUT2D eigenvalue weighted by Gasteiger charge is 2.09. The third-order valence-electron chi connectivity index (χ3n) is 1.95. The van der Waals surface area contributed by atoms with Crippen LogP contribution >= 0.6 is 0 Å². The molecule has 0 aromatic heterocycles. The van der Waals surface area contributed by atoms with Gasteiger partial charge >= 0.3 is 12.2 Å². The van der Waals surface area contributed by atoms with Gasteiger partial charge in [-0.25, -0.2) is 9.59 Å². The molecule has 2 N–H and O–H groups in total. The number of carboxylic acid groups (broad SMARTS) is 1. The van der Waals surface area contributed by atoms with Gasteiger partial charge < -0.3 is 9.84 Å². The molecule has 0 atom stereocenters. The third kappa shape index (κ3) is 2.88. The molecule has 0 aliphatic carbocycles. The number of nitrogens with one attached hydrogen (secondary N) is 1. The van der Waals surface area contributed by atoms with Crippen molar-refractivity contribution in [1.29, 1.82) is 0 Å². The first kappa shape index (κ1) is 11.8. The Morgan fingerprint density at radius 1 is 1.44 bits per heavy atom. The Morgan fingerprint density at radius 2 is 2.12 bits per heavy atom. The number of carbonyl (C=O) groups is 2. The zero-order valence-electron chi connectivity index (χ0n) is 8.93. The van der Waals surface area contributed by atoms with Crippen LogP contribution in [-0.4, -0.2) is 31.5 Å². The van der Waals surface area contributed by atoms with E-state index in [1.54, 1.807) is 18.2 Å². The van der Waals surface area contributed by atoms with E-state index in [9.17, 15) is 9.59 Å². The van der Waals surface area contributed by atoms with Gasteiger partial charge in [0.1, 0.15) is 0 Å². The van der Waals surface area contributed by atoms with Gasteiger partial charge in [0.15, 0.2) is 0 Å². The summed E-state index contributed by atoms with van der Waals surface area (Å²) < 4.78 is 4.42. The van der Waals surface area contributed by atoms with Crippen LogP contribution in [0.3, 0.4) is 0 Å². The number of anilines is 2. The maximum Gasteiger partial charge on any atom is 0.411 e. The molecule has 0 saturated heterocycles. The van der Waals surface area contributed by atoms with Crippen LogP contribution < -0.4 is 10.2 Å². The lowest BCUT2D eigenvalue weighted by atomic mass is 10.2. The lowest BCUT2D eigenvalue weighted by molar-refractivity contribution is 0.187. The Labute approximate surface area is 92.4 Å². The lowest BCUT2D eigenvalue weighted by Gasteiger charge is -2.14. The van der Waals surface area contributed by atoms with Crippen molar-refractivity contribution in [3.8, 4) is 0 Å². The average Bonchev–Trinajstić information content (AvgIpc) is 2.28. The van der Waals surface area contributed by atoms with E-state index < -0.39 is 12.2 Å². The van der Waals surface area contributed by atoms with Crippen molar-refractivity contribution in [3.63, 3.8) is 0 Å². The number of hydrogen-bond acceptors (Lipinski definition) is 3. The van der Waals surface area contributed by atoms with Crippen molar-refractivity contribution in [2.75, 3.05) is 24.4 Å². The smallest absolute Gasteiger partial charge is 0.411 e. The fourth-order valence-corrected chi connectivity index (χ4v) is 1.07. The summed E-state index contributed by atoms with van der Waals surface area (Å²) in [4.78, 5) is 22.7. The minimum atomic E-state index is -1.07. The molecule has 0 unspecified atom stereocenters. The van der Waals surface area contributed by atoms with E-state index in [-0.39, 0.29) is 0 Å². The Bertz CT molecular complexity index is 406. The molecule has 0 saturated carbocycles. The van der Waals surface area contributed by atoms with Crippen LogP contribution in [0.15, 0.2) is 24.3 Å². The predicted octanol–water partition coefficient (Wildman–Crippen LogP) is 1.98. The molecule has 2 amide bonds. The minimum Gasteiger partial charge on any atom is -0.465 e. The maximum absolute atomic E-state index is 10.9. The molecule has 0 fully saturated rings. The Morgan fingerprint density at radius 3 is 2.69 bits per heavy atom. The van der Waals surface area contributed by atoms with Crippen LogP contribution in [0.1, 0.15) is 0 Å². The van der Waals surface area contributed by atoms with E-state index in [2.05, 4.69) is 10.1 Å². The standard InChI is InChI=1S/C10H12N2O4/c1-12(10(14)15)8-5-3-4-7(6-8)11-9(13)16-2/h3-6H,1-2H3,(H,11,13)(H,14,15). The summed E-state index contributed by atoms with van der Waals surface area (Å²) in [5, 5.41) is 11.2. The summed E-state index contributed by atoms with van der Waals surface area (Å²) >= 11 is 0.